The molecule has 0 aliphatic carbocycles. The molecule has 1 saturated heterocycles. The Bertz CT molecular complexity index is 510. The minimum absolute atomic E-state index is 0.0345. The summed E-state index contributed by atoms with van der Waals surface area (Å²) in [5.41, 5.74) is 2.31. The summed E-state index contributed by atoms with van der Waals surface area (Å²) in [7, 11) is 0. The van der Waals surface area contributed by atoms with Gasteiger partial charge in [0, 0.05) is 13.1 Å². The Hall–Kier alpha value is -1.84. The summed E-state index contributed by atoms with van der Waals surface area (Å²) < 4.78 is 0. The molecule has 1 unspecified atom stereocenters. The van der Waals surface area contributed by atoms with Gasteiger partial charge in [0.05, 0.1) is 12.3 Å². The van der Waals surface area contributed by atoms with Gasteiger partial charge in [-0.3, -0.25) is 9.59 Å². The molecular formula is C18H25NO3. The molecule has 1 aromatic carbocycles. The van der Waals surface area contributed by atoms with Crippen LogP contribution in [0.5, 0.6) is 0 Å². The number of likely N-dealkylation sites (tertiary alicyclic amines) is 1. The number of piperidine rings is 1. The van der Waals surface area contributed by atoms with Crippen molar-refractivity contribution in [1.82, 2.24) is 4.90 Å². The van der Waals surface area contributed by atoms with Gasteiger partial charge in [-0.2, -0.15) is 0 Å². The summed E-state index contributed by atoms with van der Waals surface area (Å²) in [6, 6.07) is 8.21. The van der Waals surface area contributed by atoms with E-state index >= 15 is 0 Å². The van der Waals surface area contributed by atoms with Gasteiger partial charge < -0.3 is 10.0 Å². The molecule has 0 saturated carbocycles. The number of carbonyl (C=O) groups is 2. The van der Waals surface area contributed by atoms with Crippen LogP contribution in [-0.2, 0) is 22.4 Å². The average molecular weight is 303 g/mol. The Morgan fingerprint density at radius 2 is 1.91 bits per heavy atom. The van der Waals surface area contributed by atoms with Crippen LogP contribution < -0.4 is 0 Å². The van der Waals surface area contributed by atoms with Crippen molar-refractivity contribution in [3.63, 3.8) is 0 Å². The van der Waals surface area contributed by atoms with Crippen molar-refractivity contribution in [2.24, 2.45) is 5.92 Å². The van der Waals surface area contributed by atoms with Gasteiger partial charge in [-0.05, 0) is 36.8 Å². The van der Waals surface area contributed by atoms with Crippen LogP contribution in [0, 0.1) is 5.92 Å². The fourth-order valence-corrected chi connectivity index (χ4v) is 2.90. The molecule has 1 aliphatic rings. The summed E-state index contributed by atoms with van der Waals surface area (Å²) in [6.45, 7) is 3.20. The van der Waals surface area contributed by atoms with Gasteiger partial charge in [0.2, 0.25) is 5.91 Å². The Morgan fingerprint density at radius 1 is 1.23 bits per heavy atom. The van der Waals surface area contributed by atoms with E-state index in [0.717, 1.165) is 18.4 Å². The molecule has 0 aromatic heterocycles. The monoisotopic (exact) mass is 303 g/mol. The molecule has 4 nitrogen and oxygen atoms in total. The minimum Gasteiger partial charge on any atom is -0.481 e. The van der Waals surface area contributed by atoms with Crippen LogP contribution in [0.4, 0.5) is 0 Å². The topological polar surface area (TPSA) is 57.6 Å². The fourth-order valence-electron chi connectivity index (χ4n) is 2.90. The summed E-state index contributed by atoms with van der Waals surface area (Å²) in [5, 5.41) is 9.09. The number of aliphatic carboxylic acids is 1. The number of nitrogens with zero attached hydrogens (tertiary/aromatic N) is 1. The third-order valence-corrected chi connectivity index (χ3v) is 4.32. The van der Waals surface area contributed by atoms with Gasteiger partial charge in [0.25, 0.3) is 0 Å². The van der Waals surface area contributed by atoms with Crippen molar-refractivity contribution < 1.29 is 14.7 Å². The summed E-state index contributed by atoms with van der Waals surface area (Å²) in [6.07, 6.45) is 5.25. The molecule has 1 fully saturated rings. The third-order valence-electron chi connectivity index (χ3n) is 4.32. The quantitative estimate of drug-likeness (QED) is 0.879. The maximum Gasteiger partial charge on any atom is 0.308 e. The zero-order valence-electron chi connectivity index (χ0n) is 13.3. The molecule has 1 heterocycles. The molecule has 4 heteroatoms. The molecule has 0 spiro atoms. The Morgan fingerprint density at radius 3 is 2.55 bits per heavy atom. The normalized spacial score (nSPS) is 18.2. The largest absolute Gasteiger partial charge is 0.481 e. The lowest BCUT2D eigenvalue weighted by atomic mass is 9.97. The number of carbonyl (C=O) groups excluding carboxylic acids is 1. The molecule has 1 atom stereocenters. The first-order valence-corrected chi connectivity index (χ1v) is 8.18. The highest BCUT2D eigenvalue weighted by Crippen LogP contribution is 2.18. The molecule has 22 heavy (non-hydrogen) atoms. The van der Waals surface area contributed by atoms with E-state index in [4.69, 9.17) is 5.11 Å². The summed E-state index contributed by atoms with van der Waals surface area (Å²) in [4.78, 5) is 25.1. The van der Waals surface area contributed by atoms with E-state index in [1.165, 1.54) is 18.4 Å². The highest BCUT2D eigenvalue weighted by Gasteiger charge is 2.27. The van der Waals surface area contributed by atoms with Crippen LogP contribution in [0.3, 0.4) is 0 Å². The van der Waals surface area contributed by atoms with Gasteiger partial charge >= 0.3 is 5.97 Å². The van der Waals surface area contributed by atoms with E-state index in [1.54, 1.807) is 4.90 Å². The lowest BCUT2D eigenvalue weighted by Crippen LogP contribution is -2.42. The van der Waals surface area contributed by atoms with Gasteiger partial charge in [-0.1, -0.05) is 37.6 Å². The first-order chi connectivity index (χ1) is 10.6. The first kappa shape index (κ1) is 16.5. The van der Waals surface area contributed by atoms with Crippen molar-refractivity contribution in [1.29, 1.82) is 0 Å². The number of aryl methyl sites for hydroxylation is 1. The Balaban J connectivity index is 1.89. The van der Waals surface area contributed by atoms with Crippen LogP contribution in [0.2, 0.25) is 0 Å². The molecular weight excluding hydrogens is 278 g/mol. The molecule has 1 N–H and O–H groups in total. The number of hydrogen-bond acceptors (Lipinski definition) is 2. The molecule has 0 radical (unpaired) electrons. The Labute approximate surface area is 132 Å². The van der Waals surface area contributed by atoms with Gasteiger partial charge in [0.15, 0.2) is 0 Å². The van der Waals surface area contributed by atoms with E-state index in [9.17, 15) is 9.59 Å². The predicted octanol–water partition coefficient (Wildman–Crippen LogP) is 2.89. The number of carboxylic acid groups (broad SMARTS) is 1. The standard InChI is InChI=1S/C18H25NO3/c1-2-3-5-14-7-9-15(10-8-14)12-17(20)19-11-4-6-16(13-19)18(21)22/h7-10,16H,2-6,11-13H2,1H3,(H,21,22). The van der Waals surface area contributed by atoms with Crippen molar-refractivity contribution >= 4 is 11.9 Å². The van der Waals surface area contributed by atoms with Gasteiger partial charge in [-0.25, -0.2) is 0 Å². The second-order valence-corrected chi connectivity index (χ2v) is 6.11. The van der Waals surface area contributed by atoms with Gasteiger partial charge in [-0.15, -0.1) is 0 Å². The Kier molecular flexibility index (Phi) is 5.99. The van der Waals surface area contributed by atoms with Crippen molar-refractivity contribution in [2.75, 3.05) is 13.1 Å². The van der Waals surface area contributed by atoms with E-state index < -0.39 is 11.9 Å². The number of hydrogen-bond donors (Lipinski definition) is 1. The minimum atomic E-state index is -0.794. The van der Waals surface area contributed by atoms with Crippen LogP contribution >= 0.6 is 0 Å². The van der Waals surface area contributed by atoms with Crippen LogP contribution in [0.15, 0.2) is 24.3 Å². The number of unbranched alkanes of at least 4 members (excludes halogenated alkanes) is 1. The third kappa shape index (κ3) is 4.58. The SMILES string of the molecule is CCCCc1ccc(CC(=O)N2CCCC(C(=O)O)C2)cc1. The van der Waals surface area contributed by atoms with E-state index in [0.29, 0.717) is 25.9 Å². The first-order valence-electron chi connectivity index (χ1n) is 8.18. The number of amides is 1. The number of carboxylic acids is 1. The summed E-state index contributed by atoms with van der Waals surface area (Å²) >= 11 is 0. The average Bonchev–Trinajstić information content (AvgIpc) is 2.54. The maximum absolute atomic E-state index is 12.3. The molecule has 1 aromatic rings. The molecule has 1 aliphatic heterocycles. The number of benzene rings is 1. The maximum atomic E-state index is 12.3. The number of rotatable bonds is 6. The molecule has 1 amide bonds. The van der Waals surface area contributed by atoms with E-state index in [1.807, 2.05) is 12.1 Å². The lowest BCUT2D eigenvalue weighted by molar-refractivity contribution is -0.145. The van der Waals surface area contributed by atoms with E-state index in [2.05, 4.69) is 19.1 Å². The highest BCUT2D eigenvalue weighted by atomic mass is 16.4. The lowest BCUT2D eigenvalue weighted by Gasteiger charge is -2.30. The van der Waals surface area contributed by atoms with Crippen LogP contribution in [-0.4, -0.2) is 35.0 Å². The smallest absolute Gasteiger partial charge is 0.308 e. The van der Waals surface area contributed by atoms with Crippen molar-refractivity contribution in [2.45, 2.75) is 45.4 Å². The van der Waals surface area contributed by atoms with Gasteiger partial charge in [0.1, 0.15) is 0 Å². The zero-order chi connectivity index (χ0) is 15.9. The molecule has 0 bridgehead atoms. The second-order valence-electron chi connectivity index (χ2n) is 6.11. The van der Waals surface area contributed by atoms with Crippen LogP contribution in [0.1, 0.15) is 43.7 Å². The summed E-state index contributed by atoms with van der Waals surface area (Å²) in [5.74, 6) is -1.17. The fraction of sp³-hybridized carbons (Fsp3) is 0.556. The molecule has 2 rings (SSSR count). The van der Waals surface area contributed by atoms with Crippen molar-refractivity contribution in [3.05, 3.63) is 35.4 Å². The highest BCUT2D eigenvalue weighted by molar-refractivity contribution is 5.80. The predicted molar refractivity (Wildman–Crippen MR) is 85.7 cm³/mol. The zero-order valence-corrected chi connectivity index (χ0v) is 13.3. The second kappa shape index (κ2) is 7.97. The molecule has 120 valence electrons. The van der Waals surface area contributed by atoms with E-state index in [-0.39, 0.29) is 5.91 Å². The van der Waals surface area contributed by atoms with Crippen LogP contribution in [0.25, 0.3) is 0 Å². The van der Waals surface area contributed by atoms with Crippen molar-refractivity contribution in [3.8, 4) is 0 Å².